The van der Waals surface area contributed by atoms with Crippen molar-refractivity contribution in [1.29, 1.82) is 0 Å². The van der Waals surface area contributed by atoms with Crippen LogP contribution in [0.5, 0.6) is 0 Å². The van der Waals surface area contributed by atoms with Crippen molar-refractivity contribution in [3.63, 3.8) is 0 Å². The zero-order chi connectivity index (χ0) is 17.4. The molecule has 1 saturated heterocycles. The van der Waals surface area contributed by atoms with Crippen LogP contribution in [0.1, 0.15) is 34.3 Å². The van der Waals surface area contributed by atoms with Crippen molar-refractivity contribution in [2.45, 2.75) is 30.7 Å². The van der Waals surface area contributed by atoms with Gasteiger partial charge in [-0.25, -0.2) is 0 Å². The lowest BCUT2D eigenvalue weighted by atomic mass is 9.71. The van der Waals surface area contributed by atoms with Gasteiger partial charge in [0.15, 0.2) is 0 Å². The summed E-state index contributed by atoms with van der Waals surface area (Å²) in [5.74, 6) is -0.127. The number of hydrogen-bond donors (Lipinski definition) is 2. The Morgan fingerprint density at radius 1 is 1.12 bits per heavy atom. The minimum absolute atomic E-state index is 0.0103. The van der Waals surface area contributed by atoms with Crippen LogP contribution in [-0.4, -0.2) is 25.0 Å². The summed E-state index contributed by atoms with van der Waals surface area (Å²) in [4.78, 5) is 12.9. The fourth-order valence-electron chi connectivity index (χ4n) is 4.38. The zero-order valence-corrected chi connectivity index (χ0v) is 15.3. The van der Waals surface area contributed by atoms with Crippen LogP contribution in [0.15, 0.2) is 42.5 Å². The molecule has 1 aliphatic heterocycles. The third kappa shape index (κ3) is 2.95. The first-order valence-electron chi connectivity index (χ1n) is 8.65. The molecule has 25 heavy (non-hydrogen) atoms. The quantitative estimate of drug-likeness (QED) is 0.834. The Labute approximate surface area is 157 Å². The van der Waals surface area contributed by atoms with Gasteiger partial charge in [0.05, 0.1) is 10.6 Å². The molecular formula is C20H20Cl2N2O. The van der Waals surface area contributed by atoms with Crippen LogP contribution in [0, 0.1) is 0 Å². The molecule has 2 N–H and O–H groups in total. The van der Waals surface area contributed by atoms with Gasteiger partial charge >= 0.3 is 0 Å². The van der Waals surface area contributed by atoms with E-state index in [1.54, 1.807) is 18.2 Å². The van der Waals surface area contributed by atoms with E-state index in [1.165, 1.54) is 11.1 Å². The summed E-state index contributed by atoms with van der Waals surface area (Å²) in [6.07, 6.45) is 2.93. The van der Waals surface area contributed by atoms with Gasteiger partial charge in [0.2, 0.25) is 0 Å². The van der Waals surface area contributed by atoms with Gasteiger partial charge < -0.3 is 10.6 Å². The number of benzene rings is 2. The largest absolute Gasteiger partial charge is 0.348 e. The predicted octanol–water partition coefficient (Wildman–Crippen LogP) is 3.97. The summed E-state index contributed by atoms with van der Waals surface area (Å²) >= 11 is 12.2. The second-order valence-corrected chi connectivity index (χ2v) is 7.76. The van der Waals surface area contributed by atoms with Gasteiger partial charge in [0.25, 0.3) is 5.91 Å². The minimum atomic E-state index is -0.127. The van der Waals surface area contributed by atoms with E-state index in [9.17, 15) is 4.79 Å². The summed E-state index contributed by atoms with van der Waals surface area (Å²) in [5, 5.41) is 7.63. The summed E-state index contributed by atoms with van der Waals surface area (Å²) in [7, 11) is 0. The molecule has 1 heterocycles. The topological polar surface area (TPSA) is 41.1 Å². The van der Waals surface area contributed by atoms with Gasteiger partial charge in [-0.3, -0.25) is 4.79 Å². The molecule has 0 aromatic heterocycles. The van der Waals surface area contributed by atoms with E-state index in [0.29, 0.717) is 15.6 Å². The van der Waals surface area contributed by atoms with Gasteiger partial charge in [0.1, 0.15) is 0 Å². The van der Waals surface area contributed by atoms with Gasteiger partial charge in [-0.2, -0.15) is 0 Å². The highest BCUT2D eigenvalue weighted by Crippen LogP contribution is 2.45. The highest BCUT2D eigenvalue weighted by molar-refractivity contribution is 6.36. The molecular weight excluding hydrogens is 355 g/mol. The lowest BCUT2D eigenvalue weighted by Crippen LogP contribution is -2.53. The number of amides is 1. The van der Waals surface area contributed by atoms with E-state index in [0.717, 1.165) is 32.4 Å². The summed E-state index contributed by atoms with van der Waals surface area (Å²) in [5.41, 5.74) is 3.23. The lowest BCUT2D eigenvalue weighted by molar-refractivity contribution is 0.0907. The molecule has 1 fully saturated rings. The molecule has 1 amide bonds. The van der Waals surface area contributed by atoms with E-state index >= 15 is 0 Å². The maximum Gasteiger partial charge on any atom is 0.253 e. The van der Waals surface area contributed by atoms with Crippen LogP contribution in [0.25, 0.3) is 0 Å². The fourth-order valence-corrected chi connectivity index (χ4v) is 4.87. The van der Waals surface area contributed by atoms with Crippen molar-refractivity contribution >= 4 is 29.1 Å². The molecule has 5 heteroatoms. The average Bonchev–Trinajstić information content (AvgIpc) is 2.89. The molecule has 1 aliphatic carbocycles. The van der Waals surface area contributed by atoms with Gasteiger partial charge in [0, 0.05) is 16.5 Å². The standard InChI is InChI=1S/C20H20Cl2N2O/c21-14-5-6-15(17(22)12-14)19(25)24-18-11-13-3-1-2-4-16(13)20(18)7-9-23-10-8-20/h1-6,12,18,23H,7-11H2,(H,24,25)/t18-/m0/s1. The first-order valence-corrected chi connectivity index (χ1v) is 9.41. The number of fused-ring (bicyclic) bond motifs is 2. The molecule has 0 bridgehead atoms. The smallest absolute Gasteiger partial charge is 0.253 e. The number of halogens is 2. The third-order valence-electron chi connectivity index (χ3n) is 5.62. The molecule has 1 atom stereocenters. The first-order chi connectivity index (χ1) is 12.1. The molecule has 1 spiro atoms. The van der Waals surface area contributed by atoms with E-state index in [1.807, 2.05) is 0 Å². The van der Waals surface area contributed by atoms with Gasteiger partial charge in [-0.15, -0.1) is 0 Å². The van der Waals surface area contributed by atoms with Crippen molar-refractivity contribution in [3.05, 3.63) is 69.2 Å². The summed E-state index contributed by atoms with van der Waals surface area (Å²) in [6.45, 7) is 1.95. The molecule has 0 unspecified atom stereocenters. The molecule has 2 aliphatic rings. The van der Waals surface area contributed by atoms with Gasteiger partial charge in [-0.1, -0.05) is 47.5 Å². The Balaban J connectivity index is 1.64. The SMILES string of the molecule is O=C(N[C@H]1Cc2ccccc2C12CCNCC2)c1ccc(Cl)cc1Cl. The summed E-state index contributed by atoms with van der Waals surface area (Å²) in [6, 6.07) is 13.7. The van der Waals surface area contributed by atoms with Gasteiger partial charge in [-0.05, 0) is 61.7 Å². The Morgan fingerprint density at radius 3 is 2.64 bits per heavy atom. The highest BCUT2D eigenvalue weighted by Gasteiger charge is 2.47. The molecule has 0 saturated carbocycles. The zero-order valence-electron chi connectivity index (χ0n) is 13.8. The maximum atomic E-state index is 12.9. The van der Waals surface area contributed by atoms with E-state index in [4.69, 9.17) is 23.2 Å². The van der Waals surface area contributed by atoms with E-state index < -0.39 is 0 Å². The Bertz CT molecular complexity index is 815. The number of hydrogen-bond acceptors (Lipinski definition) is 2. The molecule has 130 valence electrons. The van der Waals surface area contributed by atoms with Crippen molar-refractivity contribution in [2.75, 3.05) is 13.1 Å². The highest BCUT2D eigenvalue weighted by atomic mass is 35.5. The molecule has 3 nitrogen and oxygen atoms in total. The first kappa shape index (κ1) is 16.9. The van der Waals surface area contributed by atoms with Crippen LogP contribution in [0.3, 0.4) is 0 Å². The van der Waals surface area contributed by atoms with Crippen molar-refractivity contribution in [2.24, 2.45) is 0 Å². The number of nitrogens with one attached hydrogen (secondary N) is 2. The van der Waals surface area contributed by atoms with Crippen molar-refractivity contribution < 1.29 is 4.79 Å². The van der Waals surface area contributed by atoms with E-state index in [2.05, 4.69) is 34.9 Å². The van der Waals surface area contributed by atoms with E-state index in [-0.39, 0.29) is 17.4 Å². The Kier molecular flexibility index (Phi) is 4.48. The predicted molar refractivity (Wildman–Crippen MR) is 102 cm³/mol. The van der Waals surface area contributed by atoms with Crippen LogP contribution in [-0.2, 0) is 11.8 Å². The van der Waals surface area contributed by atoms with Crippen LogP contribution < -0.4 is 10.6 Å². The third-order valence-corrected chi connectivity index (χ3v) is 6.17. The normalized spacial score (nSPS) is 21.1. The molecule has 2 aromatic carbocycles. The van der Waals surface area contributed by atoms with Crippen molar-refractivity contribution in [1.82, 2.24) is 10.6 Å². The number of piperidine rings is 1. The second kappa shape index (κ2) is 6.64. The van der Waals surface area contributed by atoms with Crippen LogP contribution in [0.4, 0.5) is 0 Å². The Hall–Kier alpha value is -1.55. The average molecular weight is 375 g/mol. The number of carbonyl (C=O) groups is 1. The molecule has 4 rings (SSSR count). The minimum Gasteiger partial charge on any atom is -0.348 e. The maximum absolute atomic E-state index is 12.9. The molecule has 0 radical (unpaired) electrons. The Morgan fingerprint density at radius 2 is 1.88 bits per heavy atom. The second-order valence-electron chi connectivity index (χ2n) is 6.92. The monoisotopic (exact) mass is 374 g/mol. The number of carbonyl (C=O) groups excluding carboxylic acids is 1. The number of rotatable bonds is 2. The van der Waals surface area contributed by atoms with Crippen LogP contribution in [0.2, 0.25) is 10.0 Å². The molecule has 2 aromatic rings. The van der Waals surface area contributed by atoms with Crippen molar-refractivity contribution in [3.8, 4) is 0 Å². The fraction of sp³-hybridized carbons (Fsp3) is 0.350. The summed E-state index contributed by atoms with van der Waals surface area (Å²) < 4.78 is 0. The van der Waals surface area contributed by atoms with Crippen LogP contribution >= 0.6 is 23.2 Å². The lowest BCUT2D eigenvalue weighted by Gasteiger charge is -2.40.